The first-order chi connectivity index (χ1) is 59.4. The lowest BCUT2D eigenvalue weighted by molar-refractivity contribution is -0.141. The number of nitrogens with one attached hydrogen (secondary N) is 6. The van der Waals surface area contributed by atoms with Crippen LogP contribution in [-0.2, 0) is 62.2 Å². The molecule has 1 heterocycles. The summed E-state index contributed by atoms with van der Waals surface area (Å²) in [4.78, 5) is 129. The van der Waals surface area contributed by atoms with Crippen LogP contribution in [0.25, 0.3) is 0 Å². The fraction of sp³-hybridized carbons (Fsp3) is 0.240. The van der Waals surface area contributed by atoms with E-state index in [-0.39, 0.29) is 55.2 Å². The summed E-state index contributed by atoms with van der Waals surface area (Å²) >= 11 is 0. The molecule has 27 nitrogen and oxygen atoms in total. The summed E-state index contributed by atoms with van der Waals surface area (Å²) in [6.07, 6.45) is 10.9. The third kappa shape index (κ3) is 30.3. The standard InChI is InChI=1S/C96H64N12O15/c1-4-7-10-13-16-19-22-25-28-31-34-37-40-43-46-121-85(109)55-64-49-70-88(112)82(52-64)106-91(115)67-58-80(77(101)61-73(67)97)104-95(119)71-50-65(56-86(110)122-47-44-41-38-35-32-29-26-23-20-17-14-11-8-5-2)54-84(89(71)113)108-93(117)69-60-81(78(102)63-75(69)99)105-96(120)72-51-66(57-87(111)123-48-45-42-39-36-33-30-27-24-21-18-15-12-9-6-3)53-83(90(72)114)107-92(116)68-59-79(103-94(70)118)76(100)62-74(68)98/h1-2,49-54,67-69,73-81,112-114H,48,55-63,97-102H2,3H3,(H,103,118)(H,104,119)(H,105,120)(H,106,115)(H,107,116)(H,108,117). The van der Waals surface area contributed by atoms with Crippen molar-refractivity contribution in [2.45, 2.75) is 119 Å². The summed E-state index contributed by atoms with van der Waals surface area (Å²) in [5, 5.41) is 52.2. The van der Waals surface area contributed by atoms with Crippen LogP contribution in [0.4, 0.5) is 17.1 Å². The maximum absolute atomic E-state index is 14.8. The molecule has 6 amide bonds. The maximum atomic E-state index is 14.8. The molecule has 3 aromatic rings. The van der Waals surface area contributed by atoms with Crippen molar-refractivity contribution in [2.75, 3.05) is 22.6 Å². The highest BCUT2D eigenvalue weighted by atomic mass is 16.5. The zero-order valence-electron chi connectivity index (χ0n) is 64.8. The van der Waals surface area contributed by atoms with E-state index in [1.807, 2.05) is 0 Å². The molecule has 4 aliphatic rings. The molecule has 0 spiro atoms. The second-order valence-corrected chi connectivity index (χ2v) is 25.9. The fourth-order valence-corrected chi connectivity index (χ4v) is 12.0. The van der Waals surface area contributed by atoms with Crippen LogP contribution in [-0.4, -0.2) is 130 Å². The Morgan fingerprint density at radius 1 is 0.350 bits per heavy atom. The van der Waals surface area contributed by atoms with Gasteiger partial charge in [-0.2, -0.15) is 0 Å². The van der Waals surface area contributed by atoms with Gasteiger partial charge in [-0.1, -0.05) is 5.92 Å². The van der Waals surface area contributed by atoms with Crippen LogP contribution in [0.3, 0.4) is 0 Å². The normalized spacial score (nSPS) is 19.2. The van der Waals surface area contributed by atoms with Gasteiger partial charge in [-0.25, -0.2) is 0 Å². The molecule has 21 N–H and O–H groups in total. The topological polar surface area (TPSA) is 470 Å². The van der Waals surface area contributed by atoms with Crippen LogP contribution in [0.15, 0.2) is 36.4 Å². The van der Waals surface area contributed by atoms with E-state index in [1.165, 1.54) is 6.07 Å². The monoisotopic (exact) mass is 1620 g/mol. The Kier molecular flexibility index (Phi) is 36.7. The van der Waals surface area contributed by atoms with Crippen LogP contribution in [0.2, 0.25) is 0 Å². The van der Waals surface area contributed by atoms with E-state index in [9.17, 15) is 58.5 Å². The van der Waals surface area contributed by atoms with E-state index in [1.54, 1.807) is 6.92 Å². The molecule has 12 bridgehead atoms. The maximum Gasteiger partial charge on any atom is 0.324 e. The van der Waals surface area contributed by atoms with Gasteiger partial charge < -0.3 is 95.8 Å². The van der Waals surface area contributed by atoms with Crippen molar-refractivity contribution >= 4 is 70.4 Å². The lowest BCUT2D eigenvalue weighted by atomic mass is 9.78. The average Bonchev–Trinajstić information content (AvgIpc) is 0.796. The highest BCUT2D eigenvalue weighted by molar-refractivity contribution is 6.05. The predicted molar refractivity (Wildman–Crippen MR) is 451 cm³/mol. The van der Waals surface area contributed by atoms with Crippen molar-refractivity contribution in [2.24, 2.45) is 52.2 Å². The molecule has 3 aromatic carbocycles. The van der Waals surface area contributed by atoms with Crippen LogP contribution in [0.5, 0.6) is 17.2 Å². The number of benzene rings is 3. The van der Waals surface area contributed by atoms with Gasteiger partial charge in [0.25, 0.3) is 17.7 Å². The Morgan fingerprint density at radius 2 is 0.602 bits per heavy atom. The van der Waals surface area contributed by atoms with Crippen molar-refractivity contribution in [1.82, 2.24) is 16.0 Å². The molecule has 12 unspecified atom stereocenters. The third-order valence-corrected chi connectivity index (χ3v) is 17.6. The number of hydrogen-bond acceptors (Lipinski definition) is 21. The smallest absolute Gasteiger partial charge is 0.324 e. The minimum absolute atomic E-state index is 0.0290. The molecule has 0 aromatic heterocycles. The number of amides is 6. The summed E-state index contributed by atoms with van der Waals surface area (Å²) in [5.74, 6) is 86.0. The minimum atomic E-state index is -1.27. The van der Waals surface area contributed by atoms with Crippen LogP contribution in [0, 0.1) is 291 Å². The zero-order valence-corrected chi connectivity index (χ0v) is 64.8. The van der Waals surface area contributed by atoms with E-state index in [0.717, 1.165) is 30.3 Å². The Bertz CT molecular complexity index is 6330. The number of phenolic OH excluding ortho intramolecular Hbond substituents is 3. The lowest BCUT2D eigenvalue weighted by Gasteiger charge is -2.38. The predicted octanol–water partition coefficient (Wildman–Crippen LogP) is -1.95. The number of nitrogens with two attached hydrogens (primary N) is 6. The van der Waals surface area contributed by atoms with Crippen molar-refractivity contribution < 1.29 is 72.7 Å². The van der Waals surface area contributed by atoms with E-state index >= 15 is 0 Å². The summed E-state index contributed by atoms with van der Waals surface area (Å²) < 4.78 is 15.5. The number of ether oxygens (including phenoxy) is 3. The molecule has 12 atom stereocenters. The fourth-order valence-electron chi connectivity index (χ4n) is 12.0. The highest BCUT2D eigenvalue weighted by Crippen LogP contribution is 2.38. The summed E-state index contributed by atoms with van der Waals surface area (Å²) in [6.45, 7) is 1.14. The number of anilines is 3. The number of fused-ring (bicyclic) bond motifs is 12. The van der Waals surface area contributed by atoms with Gasteiger partial charge in [0.2, 0.25) is 17.7 Å². The molecule has 0 saturated heterocycles. The number of aromatic hydroxyl groups is 3. The molecule has 3 aliphatic carbocycles. The number of carbonyl (C=O) groups is 9. The Morgan fingerprint density at radius 3 is 0.878 bits per heavy atom. The average molecular weight is 1630 g/mol. The van der Waals surface area contributed by atoms with Gasteiger partial charge in [0, 0.05) is 137 Å². The highest BCUT2D eigenvalue weighted by Gasteiger charge is 2.43. The number of carbonyl (C=O) groups excluding carboxylic acids is 9. The molecular weight excluding hydrogens is 1560 g/mol. The second-order valence-electron chi connectivity index (χ2n) is 25.9. The minimum Gasteiger partial charge on any atom is -0.505 e. The number of esters is 3. The van der Waals surface area contributed by atoms with Crippen LogP contribution < -0.4 is 66.3 Å². The number of rotatable bonds is 7. The van der Waals surface area contributed by atoms with Crippen molar-refractivity contribution in [3.8, 4) is 291 Å². The number of phenols is 3. The molecule has 123 heavy (non-hydrogen) atoms. The summed E-state index contributed by atoms with van der Waals surface area (Å²) in [5.41, 5.74) is 36.6. The van der Waals surface area contributed by atoms with E-state index in [2.05, 4.69) is 293 Å². The molecule has 1 aliphatic heterocycles. The van der Waals surface area contributed by atoms with Crippen LogP contribution >= 0.6 is 0 Å². The van der Waals surface area contributed by atoms with Gasteiger partial charge in [0.1, 0.15) is 12.2 Å². The van der Waals surface area contributed by atoms with Gasteiger partial charge in [-0.15, -0.1) is 12.8 Å². The first kappa shape index (κ1) is 92.1. The second kappa shape index (κ2) is 49.0. The van der Waals surface area contributed by atoms with Gasteiger partial charge in [-0.3, -0.25) is 43.2 Å². The molecule has 27 heteroatoms. The van der Waals surface area contributed by atoms with Gasteiger partial charge in [0.15, 0.2) is 23.9 Å². The van der Waals surface area contributed by atoms with E-state index < -0.39 is 202 Å². The molecule has 7 rings (SSSR count). The summed E-state index contributed by atoms with van der Waals surface area (Å²) in [7, 11) is 0. The number of terminal acetylenes is 2. The Labute approximate surface area is 709 Å². The molecular formula is C96H64N12O15. The molecule has 3 saturated carbocycles. The van der Waals surface area contributed by atoms with Crippen molar-refractivity contribution in [1.29, 1.82) is 0 Å². The lowest BCUT2D eigenvalue weighted by Crippen LogP contribution is -2.58. The molecule has 0 radical (unpaired) electrons. The van der Waals surface area contributed by atoms with E-state index in [0.29, 0.717) is 0 Å². The Hall–Kier alpha value is -18.1. The Balaban J connectivity index is 1.26. The van der Waals surface area contributed by atoms with E-state index in [4.69, 9.17) is 61.5 Å². The number of hydrogen-bond donors (Lipinski definition) is 15. The zero-order chi connectivity index (χ0) is 88.8. The van der Waals surface area contributed by atoms with Gasteiger partial charge in [-0.05, 0) is 258 Å². The first-order valence-corrected chi connectivity index (χ1v) is 36.2. The first-order valence-electron chi connectivity index (χ1n) is 36.2. The largest absolute Gasteiger partial charge is 0.505 e. The third-order valence-electron chi connectivity index (χ3n) is 17.6. The SMILES string of the molecule is C#CC#CC#CC#CC#CC#CC#CC#COC(=O)Cc1cc2c(O)c(c1)C(=O)NC1CC(C(=O)Nc3cc(CC(=O)OCC#CC#CC#CC#CC#CC#CC#CC)cc(c3O)C(=O)NC3CC(C(=O)Nc4cc(CC(=O)OC#CC#CC#CC#CC#CC#CC#CC#C)cc(c4O)C(=O)NC4CC(C(=O)N2)C(N)CC4N)C(N)CC3N)C(N)CC1N. The van der Waals surface area contributed by atoms with Gasteiger partial charge in [0.05, 0.1) is 70.8 Å². The van der Waals surface area contributed by atoms with Crippen molar-refractivity contribution in [3.63, 3.8) is 0 Å². The van der Waals surface area contributed by atoms with Crippen LogP contribution in [0.1, 0.15) is 93.2 Å². The molecule has 3 fully saturated rings. The molecule has 598 valence electrons. The quantitative estimate of drug-likeness (QED) is 0.0529. The van der Waals surface area contributed by atoms with Gasteiger partial charge >= 0.3 is 17.9 Å². The summed E-state index contributed by atoms with van der Waals surface area (Å²) in [6, 6.07) is -2.79. The van der Waals surface area contributed by atoms with Crippen molar-refractivity contribution in [3.05, 3.63) is 69.8 Å².